The Hall–Kier alpha value is -0.380. The Morgan fingerprint density at radius 1 is 1.56 bits per heavy atom. The zero-order chi connectivity index (χ0) is 11.5. The van der Waals surface area contributed by atoms with Gasteiger partial charge in [0.25, 0.3) is 0 Å². The van der Waals surface area contributed by atoms with E-state index in [4.69, 9.17) is 17.3 Å². The summed E-state index contributed by atoms with van der Waals surface area (Å²) in [5, 5.41) is 1.38. The predicted octanol–water partition coefficient (Wildman–Crippen LogP) is 2.86. The summed E-state index contributed by atoms with van der Waals surface area (Å²) in [5.41, 5.74) is 7.73. The molecule has 1 aliphatic rings. The number of benzene rings is 1. The number of halogens is 1. The van der Waals surface area contributed by atoms with Crippen LogP contribution in [0.3, 0.4) is 0 Å². The Balaban J connectivity index is 2.00. The molecule has 0 aromatic heterocycles. The lowest BCUT2D eigenvalue weighted by Crippen LogP contribution is -2.36. The van der Waals surface area contributed by atoms with Gasteiger partial charge in [-0.2, -0.15) is 11.8 Å². The van der Waals surface area contributed by atoms with Crippen molar-refractivity contribution in [3.8, 4) is 0 Å². The molecule has 1 saturated heterocycles. The van der Waals surface area contributed by atoms with Gasteiger partial charge in [0.05, 0.1) is 10.7 Å². The third-order valence-electron chi connectivity index (χ3n) is 2.79. The molecule has 0 spiro atoms. The Kier molecular flexibility index (Phi) is 4.00. The molecule has 0 saturated carbocycles. The lowest BCUT2D eigenvalue weighted by atomic mass is 10.2. The van der Waals surface area contributed by atoms with Gasteiger partial charge in [-0.25, -0.2) is 0 Å². The van der Waals surface area contributed by atoms with Gasteiger partial charge in [-0.1, -0.05) is 24.6 Å². The molecule has 1 aromatic carbocycles. The minimum absolute atomic E-state index is 0.645. The van der Waals surface area contributed by atoms with Crippen LogP contribution in [-0.4, -0.2) is 29.0 Å². The average Bonchev–Trinajstić information content (AvgIpc) is 2.24. The van der Waals surface area contributed by atoms with Crippen LogP contribution in [0.1, 0.15) is 12.5 Å². The Morgan fingerprint density at radius 2 is 2.38 bits per heavy atom. The van der Waals surface area contributed by atoms with Crippen molar-refractivity contribution in [2.75, 3.05) is 24.6 Å². The van der Waals surface area contributed by atoms with Crippen molar-refractivity contribution in [1.29, 1.82) is 0 Å². The van der Waals surface area contributed by atoms with E-state index >= 15 is 0 Å². The van der Waals surface area contributed by atoms with Gasteiger partial charge in [-0.15, -0.1) is 0 Å². The quantitative estimate of drug-likeness (QED) is 0.825. The molecule has 88 valence electrons. The SMILES string of the molecule is CC1CN(Cc2ccc(Cl)c(N)c2)CCS1. The first-order valence-electron chi connectivity index (χ1n) is 5.53. The predicted molar refractivity (Wildman–Crippen MR) is 73.1 cm³/mol. The first-order valence-corrected chi connectivity index (χ1v) is 6.95. The summed E-state index contributed by atoms with van der Waals surface area (Å²) in [4.78, 5) is 2.48. The fourth-order valence-corrected chi connectivity index (χ4v) is 3.18. The summed E-state index contributed by atoms with van der Waals surface area (Å²) in [6.45, 7) is 5.59. The lowest BCUT2D eigenvalue weighted by molar-refractivity contribution is 0.278. The molecule has 0 bridgehead atoms. The highest BCUT2D eigenvalue weighted by atomic mass is 35.5. The summed E-state index contributed by atoms with van der Waals surface area (Å²) in [6.07, 6.45) is 0. The zero-order valence-corrected chi connectivity index (χ0v) is 11.0. The van der Waals surface area contributed by atoms with Gasteiger partial charge < -0.3 is 5.73 Å². The molecule has 1 aliphatic heterocycles. The van der Waals surface area contributed by atoms with Crippen LogP contribution >= 0.6 is 23.4 Å². The first-order chi connectivity index (χ1) is 7.65. The van der Waals surface area contributed by atoms with Crippen molar-refractivity contribution >= 4 is 29.1 Å². The fraction of sp³-hybridized carbons (Fsp3) is 0.500. The molecular formula is C12H17ClN2S. The smallest absolute Gasteiger partial charge is 0.0635 e. The average molecular weight is 257 g/mol. The second kappa shape index (κ2) is 5.30. The van der Waals surface area contributed by atoms with Crippen LogP contribution < -0.4 is 5.73 Å². The monoisotopic (exact) mass is 256 g/mol. The summed E-state index contributed by atoms with van der Waals surface area (Å²) in [6, 6.07) is 5.92. The highest BCUT2D eigenvalue weighted by Gasteiger charge is 2.16. The molecule has 1 unspecified atom stereocenters. The number of nitrogens with zero attached hydrogens (tertiary/aromatic N) is 1. The van der Waals surface area contributed by atoms with Crippen LogP contribution in [0.15, 0.2) is 18.2 Å². The van der Waals surface area contributed by atoms with Crippen molar-refractivity contribution in [1.82, 2.24) is 4.90 Å². The molecule has 2 rings (SSSR count). The molecule has 4 heteroatoms. The van der Waals surface area contributed by atoms with Crippen LogP contribution in [0, 0.1) is 0 Å². The number of nitrogen functional groups attached to an aromatic ring is 1. The van der Waals surface area contributed by atoms with Crippen molar-refractivity contribution < 1.29 is 0 Å². The topological polar surface area (TPSA) is 29.3 Å². The van der Waals surface area contributed by atoms with Gasteiger partial charge in [-0.3, -0.25) is 4.90 Å². The zero-order valence-electron chi connectivity index (χ0n) is 9.45. The number of rotatable bonds is 2. The van der Waals surface area contributed by atoms with Crippen molar-refractivity contribution in [3.05, 3.63) is 28.8 Å². The first kappa shape index (κ1) is 12.1. The van der Waals surface area contributed by atoms with E-state index in [-0.39, 0.29) is 0 Å². The molecule has 0 radical (unpaired) electrons. The third-order valence-corrected chi connectivity index (χ3v) is 4.27. The Morgan fingerprint density at radius 3 is 3.06 bits per heavy atom. The van der Waals surface area contributed by atoms with Gasteiger partial charge in [-0.05, 0) is 17.7 Å². The lowest BCUT2D eigenvalue weighted by Gasteiger charge is -2.30. The molecule has 0 aliphatic carbocycles. The van der Waals surface area contributed by atoms with E-state index in [2.05, 4.69) is 29.7 Å². The standard InChI is InChI=1S/C12H17ClN2S/c1-9-7-15(4-5-16-9)8-10-2-3-11(13)12(14)6-10/h2-3,6,9H,4-5,7-8,14H2,1H3. The van der Waals surface area contributed by atoms with Gasteiger partial charge in [0.1, 0.15) is 0 Å². The number of hydrogen-bond acceptors (Lipinski definition) is 3. The van der Waals surface area contributed by atoms with Crippen molar-refractivity contribution in [2.24, 2.45) is 0 Å². The van der Waals surface area contributed by atoms with E-state index in [0.29, 0.717) is 10.7 Å². The molecule has 1 aromatic rings. The largest absolute Gasteiger partial charge is 0.398 e. The maximum Gasteiger partial charge on any atom is 0.0635 e. The molecular weight excluding hydrogens is 240 g/mol. The van der Waals surface area contributed by atoms with E-state index in [1.807, 2.05) is 12.1 Å². The van der Waals surface area contributed by atoms with Crippen LogP contribution in [0.25, 0.3) is 0 Å². The number of nitrogens with two attached hydrogens (primary N) is 1. The van der Waals surface area contributed by atoms with E-state index < -0.39 is 0 Å². The third kappa shape index (κ3) is 3.06. The van der Waals surface area contributed by atoms with E-state index in [1.165, 1.54) is 11.3 Å². The number of hydrogen-bond donors (Lipinski definition) is 1. The van der Waals surface area contributed by atoms with Crippen LogP contribution in [-0.2, 0) is 6.54 Å². The van der Waals surface area contributed by atoms with Crippen LogP contribution in [0.5, 0.6) is 0 Å². The minimum Gasteiger partial charge on any atom is -0.398 e. The van der Waals surface area contributed by atoms with E-state index in [0.717, 1.165) is 24.9 Å². The fourth-order valence-electron chi connectivity index (χ4n) is 1.98. The molecule has 2 N–H and O–H groups in total. The molecule has 1 atom stereocenters. The molecule has 0 amide bonds. The summed E-state index contributed by atoms with van der Waals surface area (Å²) in [5.74, 6) is 1.23. The highest BCUT2D eigenvalue weighted by molar-refractivity contribution is 7.99. The molecule has 2 nitrogen and oxygen atoms in total. The molecule has 1 heterocycles. The second-order valence-electron chi connectivity index (χ2n) is 4.27. The maximum absolute atomic E-state index is 5.90. The van der Waals surface area contributed by atoms with Gasteiger partial charge >= 0.3 is 0 Å². The van der Waals surface area contributed by atoms with Gasteiger partial charge in [0, 0.05) is 30.6 Å². The maximum atomic E-state index is 5.90. The van der Waals surface area contributed by atoms with Crippen molar-refractivity contribution in [3.63, 3.8) is 0 Å². The Bertz CT molecular complexity index is 370. The number of thioether (sulfide) groups is 1. The van der Waals surface area contributed by atoms with E-state index in [1.54, 1.807) is 0 Å². The normalized spacial score (nSPS) is 22.2. The van der Waals surface area contributed by atoms with Crippen molar-refractivity contribution in [2.45, 2.75) is 18.7 Å². The molecule has 1 fully saturated rings. The number of anilines is 1. The second-order valence-corrected chi connectivity index (χ2v) is 6.23. The van der Waals surface area contributed by atoms with Crippen LogP contribution in [0.2, 0.25) is 5.02 Å². The summed E-state index contributed by atoms with van der Waals surface area (Å²) >= 11 is 7.96. The Labute approximate surface area is 106 Å². The minimum atomic E-state index is 0.645. The van der Waals surface area contributed by atoms with Gasteiger partial charge in [0.2, 0.25) is 0 Å². The molecule has 16 heavy (non-hydrogen) atoms. The van der Waals surface area contributed by atoms with Crippen LogP contribution in [0.4, 0.5) is 5.69 Å². The van der Waals surface area contributed by atoms with Gasteiger partial charge in [0.15, 0.2) is 0 Å². The highest BCUT2D eigenvalue weighted by Crippen LogP contribution is 2.23. The summed E-state index contributed by atoms with van der Waals surface area (Å²) in [7, 11) is 0. The van der Waals surface area contributed by atoms with E-state index in [9.17, 15) is 0 Å². The summed E-state index contributed by atoms with van der Waals surface area (Å²) < 4.78 is 0.